The van der Waals surface area contributed by atoms with Crippen LogP contribution in [0.25, 0.3) is 0 Å². The second kappa shape index (κ2) is 17.9. The van der Waals surface area contributed by atoms with Crippen molar-refractivity contribution < 1.29 is 19.1 Å². The number of benzene rings is 1. The maximum Gasteiger partial charge on any atom is 0.306 e. The van der Waals surface area contributed by atoms with E-state index in [2.05, 4.69) is 9.97 Å². The molecule has 0 aliphatic heterocycles. The monoisotopic (exact) mass is 602 g/mol. The Morgan fingerprint density at radius 3 is 1.66 bits per heavy atom. The Bertz CT molecular complexity index is 1270. The van der Waals surface area contributed by atoms with Crippen LogP contribution in [0.15, 0.2) is 79.4 Å². The van der Waals surface area contributed by atoms with Crippen molar-refractivity contribution in [2.45, 2.75) is 104 Å². The van der Waals surface area contributed by atoms with Gasteiger partial charge in [-0.25, -0.2) is 0 Å². The molecule has 0 aliphatic carbocycles. The number of ether oxygens (including phenoxy) is 1. The van der Waals surface area contributed by atoms with Gasteiger partial charge in [-0.05, 0) is 84.2 Å². The summed E-state index contributed by atoms with van der Waals surface area (Å²) < 4.78 is 4.94. The van der Waals surface area contributed by atoms with Crippen molar-refractivity contribution in [3.8, 4) is 0 Å². The molecule has 1 aromatic carbocycles. The minimum absolute atomic E-state index is 0.00393. The van der Waals surface area contributed by atoms with Crippen molar-refractivity contribution in [2.24, 2.45) is 0 Å². The van der Waals surface area contributed by atoms with Crippen LogP contribution in [0, 0.1) is 0 Å². The van der Waals surface area contributed by atoms with Gasteiger partial charge in [0.1, 0.15) is 0 Å². The van der Waals surface area contributed by atoms with Gasteiger partial charge < -0.3 is 14.5 Å². The van der Waals surface area contributed by atoms with E-state index < -0.39 is 5.92 Å². The summed E-state index contributed by atoms with van der Waals surface area (Å²) in [5.41, 5.74) is 2.71. The van der Waals surface area contributed by atoms with E-state index in [-0.39, 0.29) is 54.3 Å². The molecule has 0 saturated carbocycles. The number of esters is 1. The first-order chi connectivity index (χ1) is 20.9. The van der Waals surface area contributed by atoms with Gasteiger partial charge in [-0.1, -0.05) is 42.5 Å². The zero-order valence-corrected chi connectivity index (χ0v) is 27.8. The molecule has 8 nitrogen and oxygen atoms in total. The average Bonchev–Trinajstić information content (AvgIpc) is 2.97. The molecule has 2 unspecified atom stereocenters. The van der Waals surface area contributed by atoms with Crippen molar-refractivity contribution >= 4 is 17.8 Å². The van der Waals surface area contributed by atoms with Gasteiger partial charge in [-0.3, -0.25) is 24.4 Å². The van der Waals surface area contributed by atoms with Crippen LogP contribution in [0.4, 0.5) is 0 Å². The van der Waals surface area contributed by atoms with Crippen LogP contribution in [-0.4, -0.2) is 68.8 Å². The fourth-order valence-corrected chi connectivity index (χ4v) is 5.70. The van der Waals surface area contributed by atoms with Gasteiger partial charge in [-0.15, -0.1) is 0 Å². The third kappa shape index (κ3) is 10.6. The highest BCUT2D eigenvalue weighted by Crippen LogP contribution is 2.38. The van der Waals surface area contributed by atoms with E-state index in [0.717, 1.165) is 16.7 Å². The van der Waals surface area contributed by atoms with Gasteiger partial charge in [0, 0.05) is 54.9 Å². The van der Waals surface area contributed by atoms with Gasteiger partial charge in [0.2, 0.25) is 11.8 Å². The Morgan fingerprint density at radius 2 is 1.20 bits per heavy atom. The number of hydrogen-bond donors (Lipinski definition) is 0. The number of rotatable bonds is 12. The van der Waals surface area contributed by atoms with E-state index in [4.69, 9.17) is 4.74 Å². The highest BCUT2D eigenvalue weighted by atomic mass is 16.5. The molecular formula is C36H50N4O4. The molecule has 8 heteroatoms. The molecule has 2 aromatic heterocycles. The summed E-state index contributed by atoms with van der Waals surface area (Å²) in [5, 5.41) is 0. The van der Waals surface area contributed by atoms with Crippen LogP contribution in [0.1, 0.15) is 90.3 Å². The predicted molar refractivity (Wildman–Crippen MR) is 175 cm³/mol. The molecule has 0 radical (unpaired) electrons. The van der Waals surface area contributed by atoms with Crippen molar-refractivity contribution in [3.63, 3.8) is 0 Å². The largest absolute Gasteiger partial charge is 0.469 e. The number of hydrogen-bond acceptors (Lipinski definition) is 6. The van der Waals surface area contributed by atoms with Gasteiger partial charge in [0.15, 0.2) is 0 Å². The Labute approximate surface area is 263 Å². The van der Waals surface area contributed by atoms with Crippen LogP contribution in [-0.2, 0) is 25.5 Å². The molecule has 238 valence electrons. The Kier molecular flexibility index (Phi) is 14.7. The van der Waals surface area contributed by atoms with Crippen LogP contribution in [0.3, 0.4) is 0 Å². The lowest BCUT2D eigenvalue weighted by Crippen LogP contribution is -2.46. The number of carbonyl (C=O) groups excluding carboxylic acids is 3. The lowest BCUT2D eigenvalue weighted by atomic mass is 9.78. The first kappa shape index (κ1) is 36.1. The summed E-state index contributed by atoms with van der Waals surface area (Å²) in [7, 11) is 1.37. The van der Waals surface area contributed by atoms with E-state index in [9.17, 15) is 14.4 Å². The number of methoxy groups -OCH3 is 1. The average molecular weight is 603 g/mol. The molecular weight excluding hydrogens is 552 g/mol. The molecule has 0 fully saturated rings. The molecule has 44 heavy (non-hydrogen) atoms. The standard InChI is InChI=1S/C23H30N2O3.C13H20N2O/c1-16(2)25(17(3)4)23(27)22(19-12-9-13-24-15-19)20(14-21(26)28-5)18-10-7-6-8-11-18;1-10(2)15(11(3)4)13(16)8-12-6-5-7-14-9-12/h6-13,15-17,20,22H,14H2,1-5H3;5-7,9-11H,8H2,1-4H3. The van der Waals surface area contributed by atoms with Crippen LogP contribution in [0.5, 0.6) is 0 Å². The maximum atomic E-state index is 13.8. The van der Waals surface area contributed by atoms with Gasteiger partial charge in [0.25, 0.3) is 0 Å². The van der Waals surface area contributed by atoms with Crippen molar-refractivity contribution in [1.29, 1.82) is 0 Å². The highest BCUT2D eigenvalue weighted by Gasteiger charge is 2.37. The minimum Gasteiger partial charge on any atom is -0.469 e. The molecule has 3 rings (SSSR count). The Hall–Kier alpha value is -4.07. The summed E-state index contributed by atoms with van der Waals surface area (Å²) in [6.45, 7) is 16.2. The number of nitrogens with zero attached hydrogens (tertiary/aromatic N) is 4. The topological polar surface area (TPSA) is 92.7 Å². The van der Waals surface area contributed by atoms with Crippen LogP contribution >= 0.6 is 0 Å². The van der Waals surface area contributed by atoms with E-state index in [1.165, 1.54) is 7.11 Å². The number of aromatic nitrogens is 2. The smallest absolute Gasteiger partial charge is 0.306 e. The molecule has 0 N–H and O–H groups in total. The Balaban J connectivity index is 0.000000358. The third-order valence-electron chi connectivity index (χ3n) is 7.40. The zero-order chi connectivity index (χ0) is 32.8. The molecule has 2 heterocycles. The number of pyridine rings is 2. The summed E-state index contributed by atoms with van der Waals surface area (Å²) in [4.78, 5) is 50.1. The molecule has 0 aliphatic rings. The molecule has 0 saturated heterocycles. The predicted octanol–water partition coefficient (Wildman–Crippen LogP) is 6.43. The summed E-state index contributed by atoms with van der Waals surface area (Å²) >= 11 is 0. The van der Waals surface area contributed by atoms with Crippen molar-refractivity contribution in [1.82, 2.24) is 19.8 Å². The lowest BCUT2D eigenvalue weighted by molar-refractivity contribution is -0.142. The fourth-order valence-electron chi connectivity index (χ4n) is 5.70. The second-order valence-electron chi connectivity index (χ2n) is 12.0. The first-order valence-corrected chi connectivity index (χ1v) is 15.4. The van der Waals surface area contributed by atoms with E-state index in [1.807, 2.05) is 120 Å². The van der Waals surface area contributed by atoms with Gasteiger partial charge >= 0.3 is 5.97 Å². The molecule has 3 aromatic rings. The van der Waals surface area contributed by atoms with Crippen molar-refractivity contribution in [2.75, 3.05) is 7.11 Å². The van der Waals surface area contributed by atoms with Crippen LogP contribution in [0.2, 0.25) is 0 Å². The van der Waals surface area contributed by atoms with E-state index in [1.54, 1.807) is 24.8 Å². The van der Waals surface area contributed by atoms with Crippen LogP contribution < -0.4 is 0 Å². The van der Waals surface area contributed by atoms with Gasteiger partial charge in [0.05, 0.1) is 25.9 Å². The maximum absolute atomic E-state index is 13.8. The third-order valence-corrected chi connectivity index (χ3v) is 7.40. The second-order valence-corrected chi connectivity index (χ2v) is 12.0. The zero-order valence-electron chi connectivity index (χ0n) is 27.8. The molecule has 2 atom stereocenters. The summed E-state index contributed by atoms with van der Waals surface area (Å²) in [6, 6.07) is 17.8. The summed E-state index contributed by atoms with van der Waals surface area (Å²) in [6.07, 6.45) is 7.42. The molecule has 0 spiro atoms. The fraction of sp³-hybridized carbons (Fsp3) is 0.472. The SMILES string of the molecule is CC(C)N(C(=O)Cc1cccnc1)C(C)C.COC(=O)CC(c1ccccc1)C(C(=O)N(C(C)C)C(C)C)c1cccnc1. The molecule has 2 amide bonds. The first-order valence-electron chi connectivity index (χ1n) is 15.4. The van der Waals surface area contributed by atoms with E-state index >= 15 is 0 Å². The normalized spacial score (nSPS) is 12.4. The lowest BCUT2D eigenvalue weighted by Gasteiger charge is -2.37. The van der Waals surface area contributed by atoms with E-state index in [0.29, 0.717) is 6.42 Å². The number of carbonyl (C=O) groups is 3. The quantitative estimate of drug-likeness (QED) is 0.222. The highest BCUT2D eigenvalue weighted by molar-refractivity contribution is 5.86. The minimum atomic E-state index is -0.528. The molecule has 0 bridgehead atoms. The van der Waals surface area contributed by atoms with Gasteiger partial charge in [-0.2, -0.15) is 0 Å². The number of amides is 2. The Morgan fingerprint density at radius 1 is 0.682 bits per heavy atom. The van der Waals surface area contributed by atoms with Crippen molar-refractivity contribution in [3.05, 3.63) is 96.1 Å². The summed E-state index contributed by atoms with van der Waals surface area (Å²) in [5.74, 6) is -1.05.